The van der Waals surface area contributed by atoms with Crippen molar-refractivity contribution in [1.29, 1.82) is 0 Å². The zero-order valence-corrected chi connectivity index (χ0v) is 14.7. The summed E-state index contributed by atoms with van der Waals surface area (Å²) in [6.07, 6.45) is 3.65. The molecule has 0 aliphatic heterocycles. The molecule has 2 aliphatic rings. The van der Waals surface area contributed by atoms with Gasteiger partial charge in [-0.1, -0.05) is 12.1 Å². The lowest BCUT2D eigenvalue weighted by molar-refractivity contribution is -0.384. The van der Waals surface area contributed by atoms with Gasteiger partial charge < -0.3 is 15.8 Å². The lowest BCUT2D eigenvalue weighted by Gasteiger charge is -2.44. The quantitative estimate of drug-likeness (QED) is 0.408. The van der Waals surface area contributed by atoms with Crippen LogP contribution in [0.1, 0.15) is 31.2 Å². The molecule has 2 saturated carbocycles. The number of amides is 1. The maximum atomic E-state index is 10.8. The van der Waals surface area contributed by atoms with Crippen LogP contribution in [0.4, 0.5) is 10.5 Å². The van der Waals surface area contributed by atoms with Crippen LogP contribution >= 0.6 is 12.6 Å². The average Bonchev–Trinajstić information content (AvgIpc) is 2.99. The summed E-state index contributed by atoms with van der Waals surface area (Å²) in [5, 5.41) is 14.7. The van der Waals surface area contributed by atoms with Gasteiger partial charge in [0.25, 0.3) is 5.69 Å². The van der Waals surface area contributed by atoms with Gasteiger partial charge in [-0.25, -0.2) is 4.79 Å². The van der Waals surface area contributed by atoms with E-state index in [1.807, 2.05) is 12.1 Å². The molecule has 25 heavy (non-hydrogen) atoms. The van der Waals surface area contributed by atoms with Crippen molar-refractivity contribution in [2.45, 2.75) is 55.5 Å². The number of nitrogens with two attached hydrogens (primary N) is 1. The van der Waals surface area contributed by atoms with Crippen LogP contribution in [-0.2, 0) is 11.2 Å². The van der Waals surface area contributed by atoms with E-state index in [0.29, 0.717) is 23.3 Å². The Morgan fingerprint density at radius 3 is 2.64 bits per heavy atom. The van der Waals surface area contributed by atoms with Crippen LogP contribution in [-0.4, -0.2) is 34.5 Å². The molecule has 0 aromatic heterocycles. The highest BCUT2D eigenvalue weighted by molar-refractivity contribution is 7.81. The number of hydrogen-bond donors (Lipinski definition) is 3. The largest absolute Gasteiger partial charge is 0.446 e. The van der Waals surface area contributed by atoms with Gasteiger partial charge in [0.2, 0.25) is 0 Å². The number of nitrogens with one attached hydrogen (secondary N) is 1. The Morgan fingerprint density at radius 1 is 1.32 bits per heavy atom. The van der Waals surface area contributed by atoms with Crippen LogP contribution < -0.4 is 11.1 Å². The molecule has 3 N–H and O–H groups in total. The molecule has 1 amide bonds. The molecule has 0 radical (unpaired) electrons. The highest BCUT2D eigenvalue weighted by Crippen LogP contribution is 2.37. The van der Waals surface area contributed by atoms with E-state index >= 15 is 0 Å². The Balaban J connectivity index is 1.52. The maximum absolute atomic E-state index is 10.8. The van der Waals surface area contributed by atoms with Gasteiger partial charge in [-0.05, 0) is 43.6 Å². The summed E-state index contributed by atoms with van der Waals surface area (Å²) in [6.45, 7) is 0. The number of carbonyl (C=O) groups excluding carboxylic acids is 1. The highest BCUT2D eigenvalue weighted by Gasteiger charge is 2.40. The van der Waals surface area contributed by atoms with E-state index in [-0.39, 0.29) is 16.7 Å². The van der Waals surface area contributed by atoms with Gasteiger partial charge in [-0.2, -0.15) is 12.6 Å². The maximum Gasteiger partial charge on any atom is 0.404 e. The molecule has 0 heterocycles. The first-order chi connectivity index (χ1) is 11.9. The second-order valence-electron chi connectivity index (χ2n) is 6.94. The molecule has 3 unspecified atom stereocenters. The van der Waals surface area contributed by atoms with Gasteiger partial charge >= 0.3 is 6.09 Å². The first kappa shape index (κ1) is 18.0. The normalized spacial score (nSPS) is 31.3. The molecule has 0 spiro atoms. The minimum absolute atomic E-state index is 0.0880. The van der Waals surface area contributed by atoms with Crippen molar-refractivity contribution in [1.82, 2.24) is 5.32 Å². The minimum atomic E-state index is -0.708. The van der Waals surface area contributed by atoms with Gasteiger partial charge in [-0.3, -0.25) is 10.1 Å². The summed E-state index contributed by atoms with van der Waals surface area (Å²) >= 11 is 4.65. The Hall–Kier alpha value is -1.80. The number of nitro groups is 1. The number of ether oxygens (including phenoxy) is 1. The number of primary amides is 1. The third-order valence-corrected chi connectivity index (χ3v) is 5.84. The van der Waals surface area contributed by atoms with Crippen LogP contribution in [0.3, 0.4) is 0 Å². The number of rotatable bonds is 6. The topological polar surface area (TPSA) is 107 Å². The smallest absolute Gasteiger partial charge is 0.404 e. The van der Waals surface area contributed by atoms with Gasteiger partial charge in [0.1, 0.15) is 6.10 Å². The van der Waals surface area contributed by atoms with Crippen LogP contribution in [0.2, 0.25) is 0 Å². The lowest BCUT2D eigenvalue weighted by Crippen LogP contribution is -2.55. The molecule has 2 aliphatic carbocycles. The predicted octanol–water partition coefficient (Wildman–Crippen LogP) is 2.43. The fraction of sp³-hybridized carbons (Fsp3) is 0.588. The van der Waals surface area contributed by atoms with E-state index in [4.69, 9.17) is 10.5 Å². The van der Waals surface area contributed by atoms with Crippen molar-refractivity contribution in [3.8, 4) is 0 Å². The number of nitro benzene ring substituents is 1. The van der Waals surface area contributed by atoms with Crippen LogP contribution in [0.5, 0.6) is 0 Å². The van der Waals surface area contributed by atoms with Gasteiger partial charge in [-0.15, -0.1) is 0 Å². The van der Waals surface area contributed by atoms with Crippen molar-refractivity contribution < 1.29 is 14.5 Å². The van der Waals surface area contributed by atoms with Gasteiger partial charge in [0.15, 0.2) is 0 Å². The molecule has 7 nitrogen and oxygen atoms in total. The van der Waals surface area contributed by atoms with Crippen molar-refractivity contribution >= 4 is 24.4 Å². The molecular weight excluding hydrogens is 342 g/mol. The SMILES string of the molecule is NC(=O)O[C@@H]1CC[C@@H](NC2CC(S)C2Cc2ccc([N+](=O)[O-])cc2)C1. The Bertz CT molecular complexity index is 639. The van der Waals surface area contributed by atoms with Gasteiger partial charge in [0.05, 0.1) is 4.92 Å². The van der Waals surface area contributed by atoms with Crippen molar-refractivity contribution in [2.75, 3.05) is 0 Å². The van der Waals surface area contributed by atoms with Crippen molar-refractivity contribution in [3.63, 3.8) is 0 Å². The molecule has 0 bridgehead atoms. The lowest BCUT2D eigenvalue weighted by atomic mass is 9.74. The Morgan fingerprint density at radius 2 is 2.04 bits per heavy atom. The number of carbonyl (C=O) groups is 1. The third kappa shape index (κ3) is 4.43. The van der Waals surface area contributed by atoms with E-state index in [2.05, 4.69) is 17.9 Å². The standard InChI is InChI=1S/C17H23N3O4S/c18-17(21)24-13-6-3-11(8-13)19-15-9-16(25)14(15)7-10-1-4-12(5-2-10)20(22)23/h1-2,4-5,11,13-16,19,25H,3,6-9H2,(H2,18,21)/t11-,13-,14?,15?,16?/m1/s1. The summed E-state index contributed by atoms with van der Waals surface area (Å²) in [5.41, 5.74) is 6.28. The molecule has 136 valence electrons. The summed E-state index contributed by atoms with van der Waals surface area (Å²) in [6, 6.07) is 7.43. The summed E-state index contributed by atoms with van der Waals surface area (Å²) < 4.78 is 5.08. The third-order valence-electron chi connectivity index (χ3n) is 5.24. The monoisotopic (exact) mass is 365 g/mol. The molecule has 2 fully saturated rings. The Labute approximate surface area is 151 Å². The van der Waals surface area contributed by atoms with Crippen LogP contribution in [0.15, 0.2) is 24.3 Å². The number of hydrogen-bond acceptors (Lipinski definition) is 6. The molecular formula is C17H23N3O4S. The molecule has 3 rings (SSSR count). The molecule has 1 aromatic rings. The number of nitrogens with zero attached hydrogens (tertiary/aromatic N) is 1. The minimum Gasteiger partial charge on any atom is -0.446 e. The average molecular weight is 365 g/mol. The second-order valence-corrected chi connectivity index (χ2v) is 7.60. The van der Waals surface area contributed by atoms with E-state index in [9.17, 15) is 14.9 Å². The zero-order chi connectivity index (χ0) is 18.0. The van der Waals surface area contributed by atoms with E-state index in [1.165, 1.54) is 0 Å². The fourth-order valence-corrected chi connectivity index (χ4v) is 4.38. The highest BCUT2D eigenvalue weighted by atomic mass is 32.1. The second kappa shape index (κ2) is 7.61. The molecule has 1 aromatic carbocycles. The van der Waals surface area contributed by atoms with Gasteiger partial charge in [0, 0.05) is 29.5 Å². The van der Waals surface area contributed by atoms with Crippen molar-refractivity contribution in [2.24, 2.45) is 11.7 Å². The molecule has 5 atom stereocenters. The number of benzene rings is 1. The fourth-order valence-electron chi connectivity index (χ4n) is 3.84. The summed E-state index contributed by atoms with van der Waals surface area (Å²) in [5.74, 6) is 0.390. The first-order valence-corrected chi connectivity index (χ1v) is 9.07. The van der Waals surface area contributed by atoms with E-state index in [0.717, 1.165) is 37.7 Å². The predicted molar refractivity (Wildman–Crippen MR) is 96.7 cm³/mol. The van der Waals surface area contributed by atoms with Crippen LogP contribution in [0, 0.1) is 16.0 Å². The zero-order valence-electron chi connectivity index (χ0n) is 13.8. The first-order valence-electron chi connectivity index (χ1n) is 8.56. The van der Waals surface area contributed by atoms with E-state index < -0.39 is 6.09 Å². The van der Waals surface area contributed by atoms with E-state index in [1.54, 1.807) is 12.1 Å². The molecule has 8 heteroatoms. The number of thiol groups is 1. The summed E-state index contributed by atoms with van der Waals surface area (Å²) in [7, 11) is 0. The number of non-ortho nitro benzene ring substituents is 1. The Kier molecular flexibility index (Phi) is 5.48. The molecule has 0 saturated heterocycles. The van der Waals surface area contributed by atoms with Crippen molar-refractivity contribution in [3.05, 3.63) is 39.9 Å². The van der Waals surface area contributed by atoms with Crippen LogP contribution in [0.25, 0.3) is 0 Å². The summed E-state index contributed by atoms with van der Waals surface area (Å²) in [4.78, 5) is 21.2.